The van der Waals surface area contributed by atoms with Gasteiger partial charge in [-0.1, -0.05) is 121 Å². The highest BCUT2D eigenvalue weighted by Crippen LogP contribution is 2.41. The number of aromatic nitrogens is 4. The van der Waals surface area contributed by atoms with Gasteiger partial charge in [0.2, 0.25) is 5.95 Å². The van der Waals surface area contributed by atoms with Crippen molar-refractivity contribution in [3.8, 4) is 34.0 Å². The van der Waals surface area contributed by atoms with Crippen LogP contribution in [0.15, 0.2) is 186 Å². The molecule has 5 heteroatoms. The van der Waals surface area contributed by atoms with Crippen molar-refractivity contribution in [1.29, 1.82) is 0 Å². The van der Waals surface area contributed by atoms with Crippen LogP contribution in [0.25, 0.3) is 110 Å². The average molecular weight is 703 g/mol. The standard InChI is InChI=1S/C50H30N4O/c1-3-13-31(14-4-1)48-47-41(27-26-39-38-19-9-12-22-46(38)55-49(39)47)51-50(52-48)54-43-21-11-8-18-36(43)40-29-32(24-28-44(40)54)33-23-25-37-35-17-7-10-20-42(35)53(45(37)30-33)34-15-5-2-6-16-34/h1-30H. The lowest BCUT2D eigenvalue weighted by molar-refractivity contribution is 0.672. The molecule has 0 saturated carbocycles. The first kappa shape index (κ1) is 30.0. The first-order chi connectivity index (χ1) is 27.3. The summed E-state index contributed by atoms with van der Waals surface area (Å²) in [5, 5.41) is 7.84. The lowest BCUT2D eigenvalue weighted by Crippen LogP contribution is -2.03. The van der Waals surface area contributed by atoms with Crippen LogP contribution in [0.2, 0.25) is 0 Å². The number of benzene rings is 8. The molecule has 5 nitrogen and oxygen atoms in total. The molecule has 4 heterocycles. The van der Waals surface area contributed by atoms with Crippen LogP contribution in [0.4, 0.5) is 0 Å². The topological polar surface area (TPSA) is 48.8 Å². The van der Waals surface area contributed by atoms with Crippen LogP contribution in [0.5, 0.6) is 0 Å². The van der Waals surface area contributed by atoms with Gasteiger partial charge in [-0.15, -0.1) is 0 Å². The van der Waals surface area contributed by atoms with Gasteiger partial charge in [0.25, 0.3) is 0 Å². The minimum Gasteiger partial charge on any atom is -0.455 e. The molecule has 0 N–H and O–H groups in total. The lowest BCUT2D eigenvalue weighted by Gasteiger charge is -2.12. The maximum absolute atomic E-state index is 6.54. The first-order valence-electron chi connectivity index (χ1n) is 18.6. The zero-order valence-electron chi connectivity index (χ0n) is 29.5. The fraction of sp³-hybridized carbons (Fsp3) is 0. The van der Waals surface area contributed by atoms with Gasteiger partial charge >= 0.3 is 0 Å². The average Bonchev–Trinajstić information content (AvgIpc) is 3.91. The monoisotopic (exact) mass is 702 g/mol. The van der Waals surface area contributed by atoms with E-state index in [2.05, 4.69) is 173 Å². The summed E-state index contributed by atoms with van der Waals surface area (Å²) in [6, 6.07) is 64.3. The Bertz CT molecular complexity index is 3480. The Hall–Kier alpha value is -7.50. The minimum atomic E-state index is 0.620. The van der Waals surface area contributed by atoms with Crippen LogP contribution in [0, 0.1) is 0 Å². The zero-order chi connectivity index (χ0) is 36.0. The molecule has 0 spiro atoms. The number of furan rings is 1. The minimum absolute atomic E-state index is 0.620. The smallest absolute Gasteiger partial charge is 0.235 e. The molecule has 0 saturated heterocycles. The molecule has 0 atom stereocenters. The molecule has 0 aliphatic heterocycles. The molecule has 12 aromatic rings. The summed E-state index contributed by atoms with van der Waals surface area (Å²) in [5.41, 5.74) is 12.3. The third-order valence-electron chi connectivity index (χ3n) is 11.1. The number of fused-ring (bicyclic) bond motifs is 11. The van der Waals surface area contributed by atoms with E-state index in [4.69, 9.17) is 14.4 Å². The SMILES string of the molecule is c1ccc(-c2nc(-n3c4ccccc4c4cc(-c5ccc6c7ccccc7n(-c7ccccc7)c6c5)ccc43)nc3ccc4c5ccccc5oc4c23)cc1. The van der Waals surface area contributed by atoms with E-state index in [1.165, 1.54) is 21.8 Å². The van der Waals surface area contributed by atoms with Crippen LogP contribution in [0.1, 0.15) is 0 Å². The van der Waals surface area contributed by atoms with E-state index in [9.17, 15) is 0 Å². The van der Waals surface area contributed by atoms with Crippen molar-refractivity contribution in [2.24, 2.45) is 0 Å². The largest absolute Gasteiger partial charge is 0.455 e. The van der Waals surface area contributed by atoms with E-state index in [-0.39, 0.29) is 0 Å². The van der Waals surface area contributed by atoms with Crippen LogP contribution in [-0.4, -0.2) is 19.1 Å². The van der Waals surface area contributed by atoms with Crippen LogP contribution < -0.4 is 0 Å². The molecule has 0 bridgehead atoms. The summed E-state index contributed by atoms with van der Waals surface area (Å²) in [4.78, 5) is 10.7. The quantitative estimate of drug-likeness (QED) is 0.183. The Balaban J connectivity index is 1.09. The van der Waals surface area contributed by atoms with Crippen molar-refractivity contribution < 1.29 is 4.42 Å². The molecular formula is C50H30N4O. The molecule has 0 amide bonds. The predicted molar refractivity (Wildman–Crippen MR) is 226 cm³/mol. The van der Waals surface area contributed by atoms with Crippen LogP contribution >= 0.6 is 0 Å². The van der Waals surface area contributed by atoms with Gasteiger partial charge < -0.3 is 8.98 Å². The summed E-state index contributed by atoms with van der Waals surface area (Å²) < 4.78 is 11.1. The van der Waals surface area contributed by atoms with E-state index in [0.29, 0.717) is 5.95 Å². The maximum atomic E-state index is 6.54. The molecule has 8 aromatic carbocycles. The number of rotatable bonds is 4. The van der Waals surface area contributed by atoms with E-state index < -0.39 is 0 Å². The van der Waals surface area contributed by atoms with Gasteiger partial charge in [-0.25, -0.2) is 9.97 Å². The summed E-state index contributed by atoms with van der Waals surface area (Å²) in [6.07, 6.45) is 0. The lowest BCUT2D eigenvalue weighted by atomic mass is 10.0. The molecule has 256 valence electrons. The van der Waals surface area contributed by atoms with E-state index in [1.54, 1.807) is 0 Å². The fourth-order valence-corrected chi connectivity index (χ4v) is 8.67. The van der Waals surface area contributed by atoms with Crippen molar-refractivity contribution in [1.82, 2.24) is 19.1 Å². The van der Waals surface area contributed by atoms with Gasteiger partial charge in [-0.2, -0.15) is 0 Å². The maximum Gasteiger partial charge on any atom is 0.235 e. The second kappa shape index (κ2) is 11.5. The van der Waals surface area contributed by atoms with Gasteiger partial charge in [0.1, 0.15) is 11.2 Å². The number of hydrogen-bond donors (Lipinski definition) is 0. The molecular weight excluding hydrogens is 673 g/mol. The molecule has 0 unspecified atom stereocenters. The molecule has 12 rings (SSSR count). The Kier molecular flexibility index (Phi) is 6.27. The summed E-state index contributed by atoms with van der Waals surface area (Å²) in [5.74, 6) is 0.620. The van der Waals surface area contributed by atoms with Crippen LogP contribution in [0.3, 0.4) is 0 Å². The van der Waals surface area contributed by atoms with Crippen molar-refractivity contribution >= 4 is 76.5 Å². The highest BCUT2D eigenvalue weighted by Gasteiger charge is 2.21. The Labute approximate surface area is 315 Å². The normalized spacial score (nSPS) is 12.0. The first-order valence-corrected chi connectivity index (χ1v) is 18.6. The third-order valence-corrected chi connectivity index (χ3v) is 11.1. The molecule has 0 aliphatic carbocycles. The van der Waals surface area contributed by atoms with Gasteiger partial charge in [0.15, 0.2) is 0 Å². The van der Waals surface area contributed by atoms with Crippen molar-refractivity contribution in [2.45, 2.75) is 0 Å². The fourth-order valence-electron chi connectivity index (χ4n) is 8.67. The van der Waals surface area contributed by atoms with E-state index >= 15 is 0 Å². The Morgan fingerprint density at radius 1 is 0.382 bits per heavy atom. The van der Waals surface area contributed by atoms with Crippen molar-refractivity contribution in [3.63, 3.8) is 0 Å². The summed E-state index contributed by atoms with van der Waals surface area (Å²) in [7, 11) is 0. The second-order valence-electron chi connectivity index (χ2n) is 14.2. The second-order valence-corrected chi connectivity index (χ2v) is 14.2. The van der Waals surface area contributed by atoms with Gasteiger partial charge in [0, 0.05) is 43.6 Å². The van der Waals surface area contributed by atoms with Crippen LogP contribution in [-0.2, 0) is 0 Å². The van der Waals surface area contributed by atoms with Gasteiger partial charge in [0.05, 0.1) is 38.7 Å². The zero-order valence-corrected chi connectivity index (χ0v) is 29.5. The number of hydrogen-bond acceptors (Lipinski definition) is 3. The van der Waals surface area contributed by atoms with Crippen molar-refractivity contribution in [3.05, 3.63) is 182 Å². The van der Waals surface area contributed by atoms with Crippen molar-refractivity contribution in [2.75, 3.05) is 0 Å². The highest BCUT2D eigenvalue weighted by molar-refractivity contribution is 6.18. The van der Waals surface area contributed by atoms with Gasteiger partial charge in [-0.3, -0.25) is 4.57 Å². The summed E-state index contributed by atoms with van der Waals surface area (Å²) >= 11 is 0. The van der Waals surface area contributed by atoms with E-state index in [0.717, 1.165) is 82.7 Å². The highest BCUT2D eigenvalue weighted by atomic mass is 16.3. The van der Waals surface area contributed by atoms with E-state index in [1.807, 2.05) is 18.2 Å². The number of nitrogens with zero attached hydrogens (tertiary/aromatic N) is 4. The molecule has 0 aliphatic rings. The Morgan fingerprint density at radius 2 is 0.982 bits per heavy atom. The van der Waals surface area contributed by atoms with Gasteiger partial charge in [-0.05, 0) is 71.8 Å². The number of para-hydroxylation sites is 4. The molecule has 55 heavy (non-hydrogen) atoms. The predicted octanol–water partition coefficient (Wildman–Crippen LogP) is 13.1. The Morgan fingerprint density at radius 3 is 1.80 bits per heavy atom. The molecule has 0 radical (unpaired) electrons. The molecule has 0 fully saturated rings. The summed E-state index contributed by atoms with van der Waals surface area (Å²) in [6.45, 7) is 0. The molecule has 4 aromatic heterocycles. The third kappa shape index (κ3) is 4.41.